The van der Waals surface area contributed by atoms with E-state index in [1.54, 1.807) is 6.33 Å². The quantitative estimate of drug-likeness (QED) is 0.692. The highest BCUT2D eigenvalue weighted by molar-refractivity contribution is 6.28. The highest BCUT2D eigenvalue weighted by atomic mass is 35.5. The Morgan fingerprint density at radius 1 is 1.37 bits per heavy atom. The van der Waals surface area contributed by atoms with E-state index in [0.29, 0.717) is 35.5 Å². The van der Waals surface area contributed by atoms with Crippen LogP contribution in [0.4, 0.5) is 0 Å². The van der Waals surface area contributed by atoms with Crippen molar-refractivity contribution in [1.29, 1.82) is 0 Å². The lowest BCUT2D eigenvalue weighted by Gasteiger charge is -2.24. The van der Waals surface area contributed by atoms with Crippen molar-refractivity contribution in [3.05, 3.63) is 23.8 Å². The minimum Gasteiger partial charge on any atom is -0.476 e. The van der Waals surface area contributed by atoms with Crippen molar-refractivity contribution in [3.63, 3.8) is 0 Å². The molecule has 1 aliphatic carbocycles. The minimum atomic E-state index is 0.159. The van der Waals surface area contributed by atoms with E-state index in [2.05, 4.69) is 39.0 Å². The summed E-state index contributed by atoms with van der Waals surface area (Å²) in [6, 6.07) is 0. The van der Waals surface area contributed by atoms with Crippen LogP contribution >= 0.6 is 11.6 Å². The first-order valence-corrected chi connectivity index (χ1v) is 6.76. The number of H-pyrrole nitrogens is 1. The van der Waals surface area contributed by atoms with Gasteiger partial charge in [0.05, 0.1) is 12.9 Å². The Balaban J connectivity index is 1.78. The fourth-order valence-corrected chi connectivity index (χ4v) is 2.47. The van der Waals surface area contributed by atoms with Crippen LogP contribution in [0.3, 0.4) is 0 Å². The maximum atomic E-state index is 5.86. The second kappa shape index (κ2) is 5.17. The highest BCUT2D eigenvalue weighted by Gasteiger charge is 2.20. The number of aromatic amines is 1. The van der Waals surface area contributed by atoms with Gasteiger partial charge in [-0.25, -0.2) is 4.98 Å². The molecule has 2 aromatic heterocycles. The highest BCUT2D eigenvalue weighted by Crippen LogP contribution is 2.27. The van der Waals surface area contributed by atoms with Crippen LogP contribution in [0.1, 0.15) is 19.8 Å². The molecule has 2 atom stereocenters. The second-order valence-electron chi connectivity index (χ2n) is 4.89. The minimum absolute atomic E-state index is 0.159. The third kappa shape index (κ3) is 2.56. The number of imidazole rings is 1. The molecule has 1 N–H and O–H groups in total. The molecule has 0 aliphatic heterocycles. The fraction of sp³-hybridized carbons (Fsp3) is 0.462. The third-order valence-electron chi connectivity index (χ3n) is 3.58. The lowest BCUT2D eigenvalue weighted by Crippen LogP contribution is -2.21. The molecule has 0 saturated carbocycles. The number of nitrogens with zero attached hydrogens (tertiary/aromatic N) is 3. The summed E-state index contributed by atoms with van der Waals surface area (Å²) in [4.78, 5) is 15.2. The summed E-state index contributed by atoms with van der Waals surface area (Å²) in [5, 5.41) is 0.159. The number of rotatable bonds is 3. The first kappa shape index (κ1) is 12.4. The standard InChI is InChI=1S/C13H15ClN4O/c1-8-4-2-3-5-9(8)6-19-12-10-11(16-7-15-10)17-13(14)18-12/h2-3,7-9H,4-6H2,1H3,(H,15,16,17,18). The molecule has 5 nitrogen and oxygen atoms in total. The van der Waals surface area contributed by atoms with E-state index in [-0.39, 0.29) is 5.28 Å². The summed E-state index contributed by atoms with van der Waals surface area (Å²) in [5.74, 6) is 1.62. The Kier molecular flexibility index (Phi) is 3.38. The van der Waals surface area contributed by atoms with Gasteiger partial charge in [-0.05, 0) is 36.3 Å². The summed E-state index contributed by atoms with van der Waals surface area (Å²) in [7, 11) is 0. The molecular weight excluding hydrogens is 264 g/mol. The molecule has 0 saturated heterocycles. The first-order chi connectivity index (χ1) is 9.24. The summed E-state index contributed by atoms with van der Waals surface area (Å²) in [6.45, 7) is 2.88. The Hall–Kier alpha value is -1.62. The van der Waals surface area contributed by atoms with E-state index >= 15 is 0 Å². The van der Waals surface area contributed by atoms with Crippen molar-refractivity contribution in [2.75, 3.05) is 6.61 Å². The number of nitrogens with one attached hydrogen (secondary N) is 1. The monoisotopic (exact) mass is 278 g/mol. The predicted molar refractivity (Wildman–Crippen MR) is 73.2 cm³/mol. The van der Waals surface area contributed by atoms with Crippen LogP contribution in [0.25, 0.3) is 11.2 Å². The SMILES string of the molecule is CC1CC=CCC1COc1nc(Cl)nc2nc[nH]c12. The molecule has 0 spiro atoms. The molecule has 0 radical (unpaired) electrons. The molecule has 3 rings (SSSR count). The average Bonchev–Trinajstić information content (AvgIpc) is 2.85. The van der Waals surface area contributed by atoms with Gasteiger partial charge >= 0.3 is 0 Å². The van der Waals surface area contributed by atoms with E-state index in [4.69, 9.17) is 16.3 Å². The van der Waals surface area contributed by atoms with Crippen molar-refractivity contribution >= 4 is 22.8 Å². The molecule has 0 aromatic carbocycles. The van der Waals surface area contributed by atoms with Crippen LogP contribution < -0.4 is 4.74 Å². The van der Waals surface area contributed by atoms with Crippen LogP contribution in [-0.4, -0.2) is 26.5 Å². The van der Waals surface area contributed by atoms with Crippen molar-refractivity contribution in [3.8, 4) is 5.88 Å². The van der Waals surface area contributed by atoms with Crippen molar-refractivity contribution < 1.29 is 4.74 Å². The molecule has 2 aromatic rings. The maximum absolute atomic E-state index is 5.86. The van der Waals surface area contributed by atoms with Crippen molar-refractivity contribution in [2.24, 2.45) is 11.8 Å². The van der Waals surface area contributed by atoms with E-state index in [9.17, 15) is 0 Å². The summed E-state index contributed by atoms with van der Waals surface area (Å²) in [5.41, 5.74) is 1.23. The van der Waals surface area contributed by atoms with E-state index in [1.807, 2.05) is 0 Å². The number of fused-ring (bicyclic) bond motifs is 1. The molecule has 2 heterocycles. The van der Waals surface area contributed by atoms with Gasteiger partial charge in [0, 0.05) is 0 Å². The van der Waals surface area contributed by atoms with Crippen molar-refractivity contribution in [1.82, 2.24) is 19.9 Å². The van der Waals surface area contributed by atoms with Gasteiger partial charge in [0.2, 0.25) is 11.2 Å². The molecule has 6 heteroatoms. The molecule has 2 unspecified atom stereocenters. The smallest absolute Gasteiger partial charge is 0.244 e. The molecule has 1 aliphatic rings. The Morgan fingerprint density at radius 2 is 2.21 bits per heavy atom. The molecule has 19 heavy (non-hydrogen) atoms. The number of allylic oxidation sites excluding steroid dienone is 2. The Bertz CT molecular complexity index is 610. The van der Waals surface area contributed by atoms with Gasteiger partial charge in [-0.3, -0.25) is 0 Å². The zero-order valence-corrected chi connectivity index (χ0v) is 11.4. The zero-order chi connectivity index (χ0) is 13.2. The lowest BCUT2D eigenvalue weighted by molar-refractivity contribution is 0.194. The summed E-state index contributed by atoms with van der Waals surface area (Å²) in [6.07, 6.45) is 8.17. The lowest BCUT2D eigenvalue weighted by atomic mass is 9.85. The third-order valence-corrected chi connectivity index (χ3v) is 3.75. The zero-order valence-electron chi connectivity index (χ0n) is 10.6. The van der Waals surface area contributed by atoms with E-state index < -0.39 is 0 Å². The van der Waals surface area contributed by atoms with Gasteiger partial charge in [-0.1, -0.05) is 19.1 Å². The maximum Gasteiger partial charge on any atom is 0.244 e. The second-order valence-corrected chi connectivity index (χ2v) is 5.23. The topological polar surface area (TPSA) is 63.7 Å². The van der Waals surface area contributed by atoms with Crippen LogP contribution in [0, 0.1) is 11.8 Å². The van der Waals surface area contributed by atoms with Gasteiger partial charge in [-0.2, -0.15) is 9.97 Å². The van der Waals surface area contributed by atoms with Crippen molar-refractivity contribution in [2.45, 2.75) is 19.8 Å². The fourth-order valence-electron chi connectivity index (χ4n) is 2.31. The average molecular weight is 279 g/mol. The molecule has 100 valence electrons. The number of ether oxygens (including phenoxy) is 1. The predicted octanol–water partition coefficient (Wildman–Crippen LogP) is 2.99. The van der Waals surface area contributed by atoms with Gasteiger partial charge in [0.15, 0.2) is 5.65 Å². The largest absolute Gasteiger partial charge is 0.476 e. The Morgan fingerprint density at radius 3 is 3.05 bits per heavy atom. The van der Waals surface area contributed by atoms with Gasteiger partial charge in [-0.15, -0.1) is 0 Å². The molecule has 0 bridgehead atoms. The van der Waals surface area contributed by atoms with Crippen LogP contribution in [0.2, 0.25) is 5.28 Å². The normalized spacial score (nSPS) is 22.8. The number of halogens is 1. The number of hydrogen-bond donors (Lipinski definition) is 1. The van der Waals surface area contributed by atoms with E-state index in [0.717, 1.165) is 12.8 Å². The number of aromatic nitrogens is 4. The van der Waals surface area contributed by atoms with Crippen LogP contribution in [0.15, 0.2) is 18.5 Å². The number of hydrogen-bond acceptors (Lipinski definition) is 4. The van der Waals surface area contributed by atoms with Crippen LogP contribution in [0.5, 0.6) is 5.88 Å². The van der Waals surface area contributed by atoms with Gasteiger partial charge < -0.3 is 9.72 Å². The van der Waals surface area contributed by atoms with Crippen LogP contribution in [-0.2, 0) is 0 Å². The summed E-state index contributed by atoms with van der Waals surface area (Å²) < 4.78 is 5.83. The van der Waals surface area contributed by atoms with Gasteiger partial charge in [0.1, 0.15) is 5.52 Å². The summed E-state index contributed by atoms with van der Waals surface area (Å²) >= 11 is 5.86. The first-order valence-electron chi connectivity index (χ1n) is 6.38. The Labute approximate surface area is 116 Å². The molecule has 0 fully saturated rings. The van der Waals surface area contributed by atoms with Gasteiger partial charge in [0.25, 0.3) is 0 Å². The van der Waals surface area contributed by atoms with E-state index in [1.165, 1.54) is 0 Å². The molecule has 0 amide bonds. The molecular formula is C13H15ClN4O.